The van der Waals surface area contributed by atoms with Crippen LogP contribution in [0.3, 0.4) is 0 Å². The maximum absolute atomic E-state index is 13.2. The summed E-state index contributed by atoms with van der Waals surface area (Å²) < 4.78 is 18.6. The second kappa shape index (κ2) is 9.02. The van der Waals surface area contributed by atoms with Crippen LogP contribution in [0.5, 0.6) is 0 Å². The molecule has 0 atom stereocenters. The monoisotopic (exact) mass is 317 g/mol. The lowest BCUT2D eigenvalue weighted by atomic mass is 10.1. The van der Waals surface area contributed by atoms with Gasteiger partial charge in [-0.2, -0.15) is 0 Å². The molecule has 0 saturated heterocycles. The number of benzene rings is 2. The number of ether oxygens (including phenoxy) is 1. The van der Waals surface area contributed by atoms with Crippen molar-refractivity contribution >= 4 is 5.91 Å². The largest absolute Gasteiger partial charge is 0.392 e. The zero-order valence-corrected chi connectivity index (χ0v) is 12.8. The third kappa shape index (κ3) is 5.81. The molecule has 0 saturated carbocycles. The van der Waals surface area contributed by atoms with Gasteiger partial charge in [0.05, 0.1) is 13.2 Å². The van der Waals surface area contributed by atoms with Crippen molar-refractivity contribution in [1.29, 1.82) is 0 Å². The number of aliphatic hydroxyl groups excluding tert-OH is 1. The first-order chi connectivity index (χ1) is 11.2. The van der Waals surface area contributed by atoms with Gasteiger partial charge in [-0.1, -0.05) is 36.4 Å². The number of nitrogens with one attached hydrogen (secondary N) is 1. The van der Waals surface area contributed by atoms with Crippen LogP contribution < -0.4 is 5.32 Å². The highest BCUT2D eigenvalue weighted by molar-refractivity contribution is 5.77. The van der Waals surface area contributed by atoms with Crippen LogP contribution in [0, 0.1) is 5.82 Å². The lowest BCUT2D eigenvalue weighted by molar-refractivity contribution is -0.125. The Morgan fingerprint density at radius 3 is 2.65 bits per heavy atom. The summed E-state index contributed by atoms with van der Waals surface area (Å²) >= 11 is 0. The van der Waals surface area contributed by atoms with Crippen LogP contribution in [-0.4, -0.2) is 24.2 Å². The molecular formula is C18H20FNO3. The Labute approximate surface area is 134 Å². The van der Waals surface area contributed by atoms with E-state index >= 15 is 0 Å². The van der Waals surface area contributed by atoms with E-state index in [0.717, 1.165) is 17.5 Å². The van der Waals surface area contributed by atoms with Crippen LogP contribution in [0.2, 0.25) is 0 Å². The summed E-state index contributed by atoms with van der Waals surface area (Å²) in [5.74, 6) is -0.681. The van der Waals surface area contributed by atoms with E-state index in [4.69, 9.17) is 9.84 Å². The molecule has 0 spiro atoms. The Morgan fingerprint density at radius 1 is 1.13 bits per heavy atom. The highest BCUT2D eigenvalue weighted by atomic mass is 19.1. The normalized spacial score (nSPS) is 10.5. The van der Waals surface area contributed by atoms with E-state index in [2.05, 4.69) is 5.32 Å². The van der Waals surface area contributed by atoms with E-state index in [1.807, 2.05) is 30.3 Å². The van der Waals surface area contributed by atoms with Gasteiger partial charge in [0.25, 0.3) is 0 Å². The lowest BCUT2D eigenvalue weighted by Crippen LogP contribution is -2.27. The van der Waals surface area contributed by atoms with E-state index in [1.54, 1.807) is 6.07 Å². The highest BCUT2D eigenvalue weighted by Crippen LogP contribution is 2.10. The second-order valence-corrected chi connectivity index (χ2v) is 5.15. The predicted octanol–water partition coefficient (Wildman–Crippen LogP) is 2.19. The molecule has 0 aliphatic rings. The number of hydrogen-bond acceptors (Lipinski definition) is 3. The maximum atomic E-state index is 13.2. The first kappa shape index (κ1) is 17.1. The number of carbonyl (C=O) groups excluding carboxylic acids is 1. The van der Waals surface area contributed by atoms with Gasteiger partial charge in [-0.25, -0.2) is 4.39 Å². The van der Waals surface area contributed by atoms with Crippen molar-refractivity contribution < 1.29 is 19.0 Å². The minimum absolute atomic E-state index is 0.0130. The number of hydrogen-bond donors (Lipinski definition) is 2. The van der Waals surface area contributed by atoms with E-state index in [-0.39, 0.29) is 31.2 Å². The van der Waals surface area contributed by atoms with Crippen LogP contribution in [0.4, 0.5) is 4.39 Å². The highest BCUT2D eigenvalue weighted by Gasteiger charge is 2.05. The number of rotatable bonds is 8. The zero-order chi connectivity index (χ0) is 16.5. The van der Waals surface area contributed by atoms with Gasteiger partial charge in [-0.05, 0) is 29.7 Å². The molecule has 2 aromatic rings. The maximum Gasteiger partial charge on any atom is 0.246 e. The molecule has 0 fully saturated rings. The quantitative estimate of drug-likeness (QED) is 0.734. The van der Waals surface area contributed by atoms with Crippen molar-refractivity contribution in [2.75, 3.05) is 13.2 Å². The SMILES string of the molecule is O=C(COCCc1ccccc1)NCc1ccc(F)c(CO)c1. The minimum Gasteiger partial charge on any atom is -0.392 e. The Bertz CT molecular complexity index is 631. The molecule has 0 unspecified atom stereocenters. The van der Waals surface area contributed by atoms with Crippen molar-refractivity contribution in [2.45, 2.75) is 19.6 Å². The van der Waals surface area contributed by atoms with Crippen molar-refractivity contribution in [2.24, 2.45) is 0 Å². The molecule has 2 rings (SSSR count). The van der Waals surface area contributed by atoms with E-state index in [1.165, 1.54) is 12.1 Å². The number of carbonyl (C=O) groups is 1. The molecule has 23 heavy (non-hydrogen) atoms. The van der Waals surface area contributed by atoms with Crippen molar-refractivity contribution in [3.63, 3.8) is 0 Å². The average Bonchev–Trinajstić information content (AvgIpc) is 2.59. The van der Waals surface area contributed by atoms with Gasteiger partial charge < -0.3 is 15.2 Å². The summed E-state index contributed by atoms with van der Waals surface area (Å²) in [5.41, 5.74) is 2.11. The van der Waals surface area contributed by atoms with Gasteiger partial charge in [-0.3, -0.25) is 4.79 Å². The van der Waals surface area contributed by atoms with Crippen LogP contribution in [0.15, 0.2) is 48.5 Å². The standard InChI is InChI=1S/C18H20FNO3/c19-17-7-6-15(10-16(17)12-21)11-20-18(22)13-23-9-8-14-4-2-1-3-5-14/h1-7,10,21H,8-9,11-13H2,(H,20,22). The van der Waals surface area contributed by atoms with Crippen LogP contribution >= 0.6 is 0 Å². The second-order valence-electron chi connectivity index (χ2n) is 5.15. The third-order valence-electron chi connectivity index (χ3n) is 3.38. The summed E-state index contributed by atoms with van der Waals surface area (Å²) in [7, 11) is 0. The average molecular weight is 317 g/mol. The van der Waals surface area contributed by atoms with Gasteiger partial charge in [-0.15, -0.1) is 0 Å². The zero-order valence-electron chi connectivity index (χ0n) is 12.8. The smallest absolute Gasteiger partial charge is 0.246 e. The number of aliphatic hydroxyl groups is 1. The molecule has 2 N–H and O–H groups in total. The molecular weight excluding hydrogens is 297 g/mol. The molecule has 0 aromatic heterocycles. The molecule has 2 aromatic carbocycles. The van der Waals surface area contributed by atoms with Crippen molar-refractivity contribution in [3.05, 3.63) is 71.0 Å². The van der Waals surface area contributed by atoms with Gasteiger partial charge in [0.2, 0.25) is 5.91 Å². The van der Waals surface area contributed by atoms with Gasteiger partial charge in [0, 0.05) is 12.1 Å². The van der Waals surface area contributed by atoms with Crippen molar-refractivity contribution in [3.8, 4) is 0 Å². The predicted molar refractivity (Wildman–Crippen MR) is 85.1 cm³/mol. The molecule has 4 nitrogen and oxygen atoms in total. The topological polar surface area (TPSA) is 58.6 Å². The Hall–Kier alpha value is -2.24. The summed E-state index contributed by atoms with van der Waals surface area (Å²) in [4.78, 5) is 11.7. The number of halogens is 1. The first-order valence-corrected chi connectivity index (χ1v) is 7.45. The first-order valence-electron chi connectivity index (χ1n) is 7.45. The third-order valence-corrected chi connectivity index (χ3v) is 3.38. The Morgan fingerprint density at radius 2 is 1.91 bits per heavy atom. The molecule has 0 heterocycles. The Balaban J connectivity index is 1.67. The fraction of sp³-hybridized carbons (Fsp3) is 0.278. The van der Waals surface area contributed by atoms with Crippen LogP contribution in [0.25, 0.3) is 0 Å². The van der Waals surface area contributed by atoms with E-state index in [9.17, 15) is 9.18 Å². The van der Waals surface area contributed by atoms with Crippen molar-refractivity contribution in [1.82, 2.24) is 5.32 Å². The molecule has 5 heteroatoms. The molecule has 122 valence electrons. The summed E-state index contributed by atoms with van der Waals surface area (Å²) in [6.07, 6.45) is 0.756. The molecule has 0 aliphatic carbocycles. The molecule has 0 bridgehead atoms. The minimum atomic E-state index is -0.452. The molecule has 0 radical (unpaired) electrons. The summed E-state index contributed by atoms with van der Waals surface area (Å²) in [5, 5.41) is 11.7. The summed E-state index contributed by atoms with van der Waals surface area (Å²) in [6.45, 7) is 0.369. The van der Waals surface area contributed by atoms with Crippen LogP contribution in [0.1, 0.15) is 16.7 Å². The summed E-state index contributed by atoms with van der Waals surface area (Å²) in [6, 6.07) is 14.3. The lowest BCUT2D eigenvalue weighted by Gasteiger charge is -2.08. The van der Waals surface area contributed by atoms with Gasteiger partial charge in [0.15, 0.2) is 0 Å². The van der Waals surface area contributed by atoms with Crippen LogP contribution in [-0.2, 0) is 29.1 Å². The fourth-order valence-corrected chi connectivity index (χ4v) is 2.11. The Kier molecular flexibility index (Phi) is 6.72. The van der Waals surface area contributed by atoms with Gasteiger partial charge in [0.1, 0.15) is 12.4 Å². The molecule has 0 aliphatic heterocycles. The van der Waals surface area contributed by atoms with E-state index < -0.39 is 5.82 Å². The van der Waals surface area contributed by atoms with E-state index in [0.29, 0.717) is 6.61 Å². The van der Waals surface area contributed by atoms with Gasteiger partial charge >= 0.3 is 0 Å². The molecule has 1 amide bonds. The number of amides is 1. The fourth-order valence-electron chi connectivity index (χ4n) is 2.11.